The number of benzene rings is 2. The van der Waals surface area contributed by atoms with Gasteiger partial charge in [-0.1, -0.05) is 24.3 Å². The predicted molar refractivity (Wildman–Crippen MR) is 97.9 cm³/mol. The number of ether oxygens (including phenoxy) is 1. The molecule has 2 aromatic carbocycles. The Morgan fingerprint density at radius 2 is 2.00 bits per heavy atom. The van der Waals surface area contributed by atoms with Crippen LogP contribution in [0.15, 0.2) is 46.0 Å². The second-order valence-corrected chi connectivity index (χ2v) is 6.13. The monoisotopic (exact) mass is 405 g/mol. The molecular formula is C17H16BrN3O4. The van der Waals surface area contributed by atoms with E-state index in [1.54, 1.807) is 12.1 Å². The van der Waals surface area contributed by atoms with Crippen molar-refractivity contribution in [1.82, 2.24) is 5.43 Å². The molecule has 2 rings (SSSR count). The molecule has 1 N–H and O–H groups in total. The molecule has 130 valence electrons. The van der Waals surface area contributed by atoms with Crippen LogP contribution in [0.2, 0.25) is 0 Å². The fraction of sp³-hybridized carbons (Fsp3) is 0.176. The summed E-state index contributed by atoms with van der Waals surface area (Å²) in [5.41, 5.74) is 4.63. The van der Waals surface area contributed by atoms with E-state index in [1.807, 2.05) is 32.0 Å². The molecule has 25 heavy (non-hydrogen) atoms. The van der Waals surface area contributed by atoms with Gasteiger partial charge in [-0.05, 0) is 47.0 Å². The van der Waals surface area contributed by atoms with Crippen molar-refractivity contribution in [2.75, 3.05) is 6.61 Å². The molecule has 7 nitrogen and oxygen atoms in total. The maximum atomic E-state index is 11.8. The highest BCUT2D eigenvalue weighted by Crippen LogP contribution is 2.25. The van der Waals surface area contributed by atoms with Crippen molar-refractivity contribution in [3.05, 3.63) is 67.7 Å². The van der Waals surface area contributed by atoms with Crippen molar-refractivity contribution in [3.63, 3.8) is 0 Å². The number of amides is 1. The number of carbonyl (C=O) groups excluding carboxylic acids is 1. The number of hydrogen-bond donors (Lipinski definition) is 1. The van der Waals surface area contributed by atoms with Gasteiger partial charge in [-0.15, -0.1) is 0 Å². The van der Waals surface area contributed by atoms with Crippen LogP contribution in [0.5, 0.6) is 5.75 Å². The van der Waals surface area contributed by atoms with Crippen molar-refractivity contribution in [3.8, 4) is 5.75 Å². The van der Waals surface area contributed by atoms with E-state index < -0.39 is 10.8 Å². The minimum atomic E-state index is -0.502. The Balaban J connectivity index is 1.93. The average molecular weight is 406 g/mol. The molecule has 0 aliphatic heterocycles. The molecule has 8 heteroatoms. The molecule has 0 atom stereocenters. The van der Waals surface area contributed by atoms with Gasteiger partial charge >= 0.3 is 0 Å². The SMILES string of the molecule is Cc1cccc(C)c1OCC(=O)N/N=C/c1ccc(Br)c([N+](=O)[O-])c1. The minimum absolute atomic E-state index is 0.0753. The summed E-state index contributed by atoms with van der Waals surface area (Å²) in [7, 11) is 0. The number of rotatable bonds is 6. The summed E-state index contributed by atoms with van der Waals surface area (Å²) in [5.74, 6) is 0.246. The van der Waals surface area contributed by atoms with E-state index in [-0.39, 0.29) is 12.3 Å². The summed E-state index contributed by atoms with van der Waals surface area (Å²) in [6, 6.07) is 10.3. The quantitative estimate of drug-likeness (QED) is 0.451. The van der Waals surface area contributed by atoms with Gasteiger partial charge in [0, 0.05) is 11.6 Å². The van der Waals surface area contributed by atoms with E-state index in [1.165, 1.54) is 12.3 Å². The summed E-state index contributed by atoms with van der Waals surface area (Å²) < 4.78 is 5.89. The summed E-state index contributed by atoms with van der Waals surface area (Å²) in [6.45, 7) is 3.63. The third-order valence-electron chi connectivity index (χ3n) is 3.33. The predicted octanol–water partition coefficient (Wildman–Crippen LogP) is 3.50. The lowest BCUT2D eigenvalue weighted by Crippen LogP contribution is -2.25. The zero-order valence-electron chi connectivity index (χ0n) is 13.7. The summed E-state index contributed by atoms with van der Waals surface area (Å²) >= 11 is 3.10. The molecule has 0 aliphatic carbocycles. The van der Waals surface area contributed by atoms with Crippen LogP contribution in [0, 0.1) is 24.0 Å². The van der Waals surface area contributed by atoms with E-state index in [2.05, 4.69) is 26.5 Å². The second-order valence-electron chi connectivity index (χ2n) is 5.27. The van der Waals surface area contributed by atoms with Crippen LogP contribution in [0.1, 0.15) is 16.7 Å². The normalized spacial score (nSPS) is 10.7. The van der Waals surface area contributed by atoms with E-state index in [9.17, 15) is 14.9 Å². The largest absolute Gasteiger partial charge is 0.483 e. The van der Waals surface area contributed by atoms with Gasteiger partial charge in [-0.3, -0.25) is 14.9 Å². The van der Waals surface area contributed by atoms with E-state index in [0.29, 0.717) is 15.8 Å². The lowest BCUT2D eigenvalue weighted by Gasteiger charge is -2.10. The van der Waals surface area contributed by atoms with Crippen molar-refractivity contribution in [2.45, 2.75) is 13.8 Å². The average Bonchev–Trinajstić information content (AvgIpc) is 2.55. The molecule has 0 spiro atoms. The summed E-state index contributed by atoms with van der Waals surface area (Å²) in [4.78, 5) is 22.2. The van der Waals surface area contributed by atoms with Gasteiger partial charge in [0.15, 0.2) is 6.61 Å². The number of nitrogens with zero attached hydrogens (tertiary/aromatic N) is 2. The fourth-order valence-corrected chi connectivity index (χ4v) is 2.52. The molecule has 0 unspecified atom stereocenters. The van der Waals surface area contributed by atoms with E-state index in [0.717, 1.165) is 11.1 Å². The number of nitro benzene ring substituents is 1. The zero-order valence-corrected chi connectivity index (χ0v) is 15.2. The van der Waals surface area contributed by atoms with Gasteiger partial charge in [-0.25, -0.2) is 5.43 Å². The van der Waals surface area contributed by atoms with Gasteiger partial charge in [0.1, 0.15) is 5.75 Å². The lowest BCUT2D eigenvalue weighted by atomic mass is 10.1. The number of hydrazone groups is 1. The molecule has 1 amide bonds. The Kier molecular flexibility index (Phi) is 6.24. The fourth-order valence-electron chi connectivity index (χ4n) is 2.13. The molecule has 0 fully saturated rings. The molecule has 0 saturated heterocycles. The smallest absolute Gasteiger partial charge is 0.284 e. The van der Waals surface area contributed by atoms with Gasteiger partial charge in [0.05, 0.1) is 15.6 Å². The molecule has 0 radical (unpaired) electrons. The Bertz CT molecular complexity index is 816. The molecule has 0 aliphatic rings. The highest BCUT2D eigenvalue weighted by atomic mass is 79.9. The first-order valence-electron chi connectivity index (χ1n) is 7.33. The number of para-hydroxylation sites is 1. The van der Waals surface area contributed by atoms with Crippen LogP contribution in [-0.2, 0) is 4.79 Å². The van der Waals surface area contributed by atoms with Crippen molar-refractivity contribution in [1.29, 1.82) is 0 Å². The lowest BCUT2D eigenvalue weighted by molar-refractivity contribution is -0.385. The molecular weight excluding hydrogens is 390 g/mol. The van der Waals surface area contributed by atoms with Crippen molar-refractivity contribution in [2.24, 2.45) is 5.10 Å². The number of halogens is 1. The number of hydrogen-bond acceptors (Lipinski definition) is 5. The Morgan fingerprint density at radius 1 is 1.32 bits per heavy atom. The maximum absolute atomic E-state index is 11.8. The molecule has 2 aromatic rings. The third kappa shape index (κ3) is 5.12. The molecule has 0 saturated carbocycles. The van der Waals surface area contributed by atoms with Crippen LogP contribution in [0.25, 0.3) is 0 Å². The number of nitro groups is 1. The highest BCUT2D eigenvalue weighted by Gasteiger charge is 2.11. The number of carbonyl (C=O) groups is 1. The minimum Gasteiger partial charge on any atom is -0.483 e. The molecule has 0 aromatic heterocycles. The molecule has 0 heterocycles. The van der Waals surface area contributed by atoms with Gasteiger partial charge < -0.3 is 4.74 Å². The maximum Gasteiger partial charge on any atom is 0.284 e. The van der Waals surface area contributed by atoms with Gasteiger partial charge in [-0.2, -0.15) is 5.10 Å². The van der Waals surface area contributed by atoms with Crippen LogP contribution in [-0.4, -0.2) is 23.7 Å². The first-order valence-corrected chi connectivity index (χ1v) is 8.12. The Hall–Kier alpha value is -2.74. The van der Waals surface area contributed by atoms with Crippen LogP contribution < -0.4 is 10.2 Å². The van der Waals surface area contributed by atoms with Crippen LogP contribution >= 0.6 is 15.9 Å². The van der Waals surface area contributed by atoms with Crippen LogP contribution in [0.4, 0.5) is 5.69 Å². The van der Waals surface area contributed by atoms with Crippen molar-refractivity contribution >= 4 is 33.7 Å². The summed E-state index contributed by atoms with van der Waals surface area (Å²) in [6.07, 6.45) is 1.33. The highest BCUT2D eigenvalue weighted by molar-refractivity contribution is 9.10. The Morgan fingerprint density at radius 3 is 2.64 bits per heavy atom. The number of aryl methyl sites for hydroxylation is 2. The molecule has 0 bridgehead atoms. The van der Waals surface area contributed by atoms with E-state index in [4.69, 9.17) is 4.74 Å². The third-order valence-corrected chi connectivity index (χ3v) is 4.00. The topological polar surface area (TPSA) is 93.8 Å². The van der Waals surface area contributed by atoms with Gasteiger partial charge in [0.2, 0.25) is 0 Å². The standard InChI is InChI=1S/C17H16BrN3O4/c1-11-4-3-5-12(2)17(11)25-10-16(22)20-19-9-13-6-7-14(18)15(8-13)21(23)24/h3-9H,10H2,1-2H3,(H,20,22)/b19-9+. The second kappa shape index (κ2) is 8.39. The zero-order chi connectivity index (χ0) is 18.4. The first-order chi connectivity index (χ1) is 11.9. The summed E-state index contributed by atoms with van der Waals surface area (Å²) in [5, 5.41) is 14.7. The number of nitrogens with one attached hydrogen (secondary N) is 1. The van der Waals surface area contributed by atoms with Crippen molar-refractivity contribution < 1.29 is 14.5 Å². The Labute approximate surface area is 153 Å². The van der Waals surface area contributed by atoms with E-state index >= 15 is 0 Å². The van der Waals surface area contributed by atoms with Gasteiger partial charge in [0.25, 0.3) is 11.6 Å². The van der Waals surface area contributed by atoms with Crippen LogP contribution in [0.3, 0.4) is 0 Å². The first kappa shape index (κ1) is 18.6.